The van der Waals surface area contributed by atoms with Gasteiger partial charge in [-0.25, -0.2) is 0 Å². The van der Waals surface area contributed by atoms with Gasteiger partial charge < -0.3 is 16.6 Å². The normalized spacial score (nSPS) is 10.9. The fourth-order valence-corrected chi connectivity index (χ4v) is 1.44. The second kappa shape index (κ2) is 1.76. The highest BCUT2D eigenvalue weighted by Crippen LogP contribution is 2.28. The lowest BCUT2D eigenvalue weighted by Gasteiger charge is -1.82. The molecule has 2 rings (SSSR count). The zero-order valence-electron chi connectivity index (χ0n) is 5.35. The largest absolute Gasteiger partial charge is 0.485 e. The maximum absolute atomic E-state index is 8.91. The van der Waals surface area contributed by atoms with Gasteiger partial charge in [0.25, 0.3) is 5.19 Å². The van der Waals surface area contributed by atoms with E-state index in [4.69, 9.17) is 16.6 Å². The summed E-state index contributed by atoms with van der Waals surface area (Å²) < 4.78 is 1.21. The van der Waals surface area contributed by atoms with Gasteiger partial charge in [0, 0.05) is 0 Å². The molecule has 2 aromatic rings. The lowest BCUT2D eigenvalue weighted by Crippen LogP contribution is -1.91. The molecule has 0 aliphatic carbocycles. The first kappa shape index (κ1) is 6.23. The van der Waals surface area contributed by atoms with Crippen molar-refractivity contribution in [2.75, 3.05) is 11.5 Å². The first-order valence-corrected chi connectivity index (χ1v) is 3.60. The standard InChI is InChI=1S/C4H5N5OS/c5-1-2(6)7-9-3(1)11-4(10)8-9/h5H2,(H2,6,7)(H,8,10). The molecular weight excluding hydrogens is 166 g/mol. The number of aromatic nitrogens is 3. The van der Waals surface area contributed by atoms with E-state index in [-0.39, 0.29) is 11.0 Å². The summed E-state index contributed by atoms with van der Waals surface area (Å²) in [4.78, 5) is 0.569. The number of hydrogen-bond donors (Lipinski definition) is 3. The van der Waals surface area contributed by atoms with Crippen LogP contribution < -0.4 is 11.5 Å². The third kappa shape index (κ3) is 0.709. The van der Waals surface area contributed by atoms with E-state index in [1.54, 1.807) is 0 Å². The topological polar surface area (TPSA) is 102 Å². The van der Waals surface area contributed by atoms with Gasteiger partial charge in [0.05, 0.1) is 0 Å². The summed E-state index contributed by atoms with van der Waals surface area (Å²) in [5, 5.41) is 16.2. The molecule has 0 aromatic carbocycles. The van der Waals surface area contributed by atoms with Crippen LogP contribution >= 0.6 is 11.3 Å². The Balaban J connectivity index is 2.88. The van der Waals surface area contributed by atoms with E-state index in [9.17, 15) is 0 Å². The van der Waals surface area contributed by atoms with Crippen LogP contribution in [0.3, 0.4) is 0 Å². The van der Waals surface area contributed by atoms with E-state index in [2.05, 4.69) is 10.2 Å². The number of nitrogens with two attached hydrogens (primary N) is 2. The molecule has 0 unspecified atom stereocenters. The van der Waals surface area contributed by atoms with Crippen molar-refractivity contribution >= 4 is 27.7 Å². The van der Waals surface area contributed by atoms with Crippen LogP contribution in [0, 0.1) is 0 Å². The summed E-state index contributed by atoms with van der Waals surface area (Å²) in [6.07, 6.45) is 0. The van der Waals surface area contributed by atoms with Gasteiger partial charge in [-0.1, -0.05) is 16.4 Å². The van der Waals surface area contributed by atoms with Crippen molar-refractivity contribution in [3.05, 3.63) is 0 Å². The van der Waals surface area contributed by atoms with Crippen LogP contribution in [0.1, 0.15) is 0 Å². The number of aromatic hydroxyl groups is 1. The molecule has 0 radical (unpaired) electrons. The molecule has 5 N–H and O–H groups in total. The minimum absolute atomic E-state index is 0.0702. The summed E-state index contributed by atoms with van der Waals surface area (Å²) in [5.74, 6) is 0.240. The lowest BCUT2D eigenvalue weighted by molar-refractivity contribution is 0.458. The van der Waals surface area contributed by atoms with Gasteiger partial charge in [-0.05, 0) is 0 Å². The number of rotatable bonds is 0. The SMILES string of the molecule is Nc1nn2nc(O)sc2c1N. The number of hydrogen-bond acceptors (Lipinski definition) is 6. The van der Waals surface area contributed by atoms with Crippen molar-refractivity contribution in [1.29, 1.82) is 0 Å². The van der Waals surface area contributed by atoms with E-state index in [1.807, 2.05) is 0 Å². The molecule has 0 aliphatic heterocycles. The van der Waals surface area contributed by atoms with E-state index < -0.39 is 0 Å². The Morgan fingerprint density at radius 1 is 1.36 bits per heavy atom. The molecular formula is C4H5N5OS. The molecule has 58 valence electrons. The fourth-order valence-electron chi connectivity index (χ4n) is 0.770. The Labute approximate surface area is 65.0 Å². The van der Waals surface area contributed by atoms with Gasteiger partial charge in [0.2, 0.25) is 0 Å². The number of anilines is 2. The Morgan fingerprint density at radius 2 is 2.09 bits per heavy atom. The van der Waals surface area contributed by atoms with Crippen molar-refractivity contribution in [3.63, 3.8) is 0 Å². The minimum Gasteiger partial charge on any atom is -0.485 e. The number of nitrogens with zero attached hydrogens (tertiary/aromatic N) is 3. The van der Waals surface area contributed by atoms with Crippen molar-refractivity contribution in [2.24, 2.45) is 0 Å². The fraction of sp³-hybridized carbons (Fsp3) is 0. The molecule has 0 aliphatic rings. The Morgan fingerprint density at radius 3 is 2.73 bits per heavy atom. The molecule has 0 spiro atoms. The second-order valence-corrected chi connectivity index (χ2v) is 2.93. The summed E-state index contributed by atoms with van der Waals surface area (Å²) in [7, 11) is 0. The zero-order valence-corrected chi connectivity index (χ0v) is 6.17. The Hall–Kier alpha value is -1.50. The molecule has 2 heterocycles. The maximum atomic E-state index is 8.91. The van der Waals surface area contributed by atoms with E-state index in [0.29, 0.717) is 10.5 Å². The molecule has 6 nitrogen and oxygen atoms in total. The first-order chi connectivity index (χ1) is 5.18. The third-order valence-electron chi connectivity index (χ3n) is 1.26. The highest BCUT2D eigenvalue weighted by atomic mass is 32.1. The average Bonchev–Trinajstić information content (AvgIpc) is 2.37. The van der Waals surface area contributed by atoms with Crippen molar-refractivity contribution in [2.45, 2.75) is 0 Å². The molecule has 7 heteroatoms. The molecule has 11 heavy (non-hydrogen) atoms. The van der Waals surface area contributed by atoms with Crippen molar-refractivity contribution in [3.8, 4) is 5.19 Å². The molecule has 0 saturated heterocycles. The van der Waals surface area contributed by atoms with Gasteiger partial charge >= 0.3 is 0 Å². The predicted molar refractivity (Wildman–Crippen MR) is 41.4 cm³/mol. The lowest BCUT2D eigenvalue weighted by atomic mass is 10.5. The minimum atomic E-state index is -0.0702. The van der Waals surface area contributed by atoms with Crippen LogP contribution in [-0.4, -0.2) is 19.9 Å². The third-order valence-corrected chi connectivity index (χ3v) is 2.10. The highest BCUT2D eigenvalue weighted by molar-refractivity contribution is 7.19. The van der Waals surface area contributed by atoms with Crippen molar-refractivity contribution in [1.82, 2.24) is 14.8 Å². The van der Waals surface area contributed by atoms with Gasteiger partial charge in [0.15, 0.2) is 10.6 Å². The van der Waals surface area contributed by atoms with Gasteiger partial charge in [-0.15, -0.1) is 9.73 Å². The zero-order chi connectivity index (χ0) is 8.01. The molecule has 0 bridgehead atoms. The smallest absolute Gasteiger partial charge is 0.291 e. The van der Waals surface area contributed by atoms with Crippen LogP contribution in [0.4, 0.5) is 11.5 Å². The second-order valence-electron chi connectivity index (χ2n) is 1.98. The monoisotopic (exact) mass is 171 g/mol. The maximum Gasteiger partial charge on any atom is 0.291 e. The highest BCUT2D eigenvalue weighted by Gasteiger charge is 2.10. The van der Waals surface area contributed by atoms with Gasteiger partial charge in [0.1, 0.15) is 5.69 Å². The van der Waals surface area contributed by atoms with Gasteiger partial charge in [-0.3, -0.25) is 0 Å². The Kier molecular flexibility index (Phi) is 0.994. The summed E-state index contributed by atoms with van der Waals surface area (Å²) in [5.41, 5.74) is 11.2. The van der Waals surface area contributed by atoms with Gasteiger partial charge in [-0.2, -0.15) is 0 Å². The molecule has 0 fully saturated rings. The number of fused-ring (bicyclic) bond motifs is 1. The number of nitrogen functional groups attached to an aromatic ring is 2. The van der Waals surface area contributed by atoms with Crippen LogP contribution in [-0.2, 0) is 0 Å². The van der Waals surface area contributed by atoms with Crippen LogP contribution in [0.2, 0.25) is 0 Å². The Bertz CT molecular complexity index is 404. The molecule has 0 saturated carbocycles. The van der Waals surface area contributed by atoms with E-state index in [1.165, 1.54) is 4.63 Å². The van der Waals surface area contributed by atoms with Crippen LogP contribution in [0.25, 0.3) is 4.83 Å². The first-order valence-electron chi connectivity index (χ1n) is 2.78. The molecule has 0 atom stereocenters. The van der Waals surface area contributed by atoms with E-state index in [0.717, 1.165) is 11.3 Å². The molecule has 0 amide bonds. The van der Waals surface area contributed by atoms with Crippen LogP contribution in [0.15, 0.2) is 0 Å². The van der Waals surface area contributed by atoms with Crippen LogP contribution in [0.5, 0.6) is 5.19 Å². The summed E-state index contributed by atoms with van der Waals surface area (Å²) in [6, 6.07) is 0. The average molecular weight is 171 g/mol. The quantitative estimate of drug-likeness (QED) is 0.503. The summed E-state index contributed by atoms with van der Waals surface area (Å²) >= 11 is 1.04. The molecule has 2 aromatic heterocycles. The van der Waals surface area contributed by atoms with E-state index >= 15 is 0 Å². The summed E-state index contributed by atoms with van der Waals surface area (Å²) in [6.45, 7) is 0. The van der Waals surface area contributed by atoms with Crippen molar-refractivity contribution < 1.29 is 5.11 Å². The predicted octanol–water partition coefficient (Wildman–Crippen LogP) is -0.339.